The normalized spacial score (nSPS) is 20.7. The predicted molar refractivity (Wildman–Crippen MR) is 388 cm³/mol. The Kier molecular flexibility index (Phi) is 21.2. The number of nitrogens with zero attached hydrogens (tertiary/aromatic N) is 13. The summed E-state index contributed by atoms with van der Waals surface area (Å²) in [6.45, 7) is 8.15. The average molecular weight is 1400 g/mol. The molecule has 0 radical (unpaired) electrons. The molecule has 7 aliphatic rings. The van der Waals surface area contributed by atoms with Crippen molar-refractivity contribution >= 4 is 48.2 Å². The number of imidazole rings is 3. The number of halogens is 3. The Morgan fingerprint density at radius 3 is 1.29 bits per heavy atom. The number of hydrogen-bond donors (Lipinski definition) is 1. The molecular formula is C78H82F3N13O9. The summed E-state index contributed by atoms with van der Waals surface area (Å²) in [5.41, 5.74) is 9.95. The first kappa shape index (κ1) is 72.4. The third-order valence-corrected chi connectivity index (χ3v) is 18.5. The van der Waals surface area contributed by atoms with Crippen LogP contribution in [0.2, 0.25) is 0 Å². The van der Waals surface area contributed by atoms with Crippen LogP contribution in [0.25, 0.3) is 35.3 Å². The van der Waals surface area contributed by atoms with Crippen LogP contribution < -0.4 is 18.9 Å². The first-order valence-electron chi connectivity index (χ1n) is 32.6. The van der Waals surface area contributed by atoms with Gasteiger partial charge in [0.2, 0.25) is 0 Å². The lowest BCUT2D eigenvalue weighted by molar-refractivity contribution is -0.147. The molecule has 0 saturated carbocycles. The maximum atomic E-state index is 13.7. The van der Waals surface area contributed by atoms with Gasteiger partial charge in [0.05, 0.1) is 80.0 Å². The van der Waals surface area contributed by atoms with E-state index < -0.39 is 17.2 Å². The molecular weight excluding hydrogens is 1320 g/mol. The molecule has 0 unspecified atom stereocenters. The van der Waals surface area contributed by atoms with Crippen LogP contribution >= 0.6 is 0 Å². The minimum Gasteiger partial charge on any atom is -0.495 e. The number of carbonyl (C=O) groups is 1. The Labute approximate surface area is 596 Å². The molecule has 7 aliphatic heterocycles. The quantitative estimate of drug-likeness (QED) is 0.0492. The summed E-state index contributed by atoms with van der Waals surface area (Å²) in [5.74, 6) is 3.72. The van der Waals surface area contributed by atoms with Gasteiger partial charge in [-0.25, -0.2) is 28.1 Å². The van der Waals surface area contributed by atoms with Gasteiger partial charge in [0, 0.05) is 55.4 Å². The number of hydrogen-bond acceptors (Lipinski definition) is 19. The predicted octanol–water partition coefficient (Wildman–Crippen LogP) is 15.0. The van der Waals surface area contributed by atoms with Gasteiger partial charge in [0.1, 0.15) is 46.7 Å². The number of amidine groups is 3. The minimum absolute atomic E-state index is 0. The lowest BCUT2D eigenvalue weighted by atomic mass is 9.95. The van der Waals surface area contributed by atoms with Crippen LogP contribution in [0.15, 0.2) is 196 Å². The van der Waals surface area contributed by atoms with E-state index in [2.05, 4.69) is 58.7 Å². The van der Waals surface area contributed by atoms with Gasteiger partial charge < -0.3 is 67.1 Å². The van der Waals surface area contributed by atoms with Crippen LogP contribution in [0.3, 0.4) is 0 Å². The molecule has 25 heteroatoms. The SMILES string of the molecule is C.C.C.COc1cc(/C=C2\CCCN3C2=NO[C@@]32COc3cc(F)ccc32)ccc1-n1cnc(C)c1.COc1cc(/C=C2\CCCN3C2=NO[C@]3(/C=N/O)c2ccc(F)cc2)ccc1-n1cnc(C)c1.COc1cc(/C=C2\CCCN3C2=NO[C@]3(C=O)c2ccc(F)cc2)ccc1-n1cnc(C)c1. The summed E-state index contributed by atoms with van der Waals surface area (Å²) in [4.78, 5) is 48.6. The fourth-order valence-corrected chi connectivity index (χ4v) is 13.6. The zero-order valence-electron chi connectivity index (χ0n) is 55.6. The molecule has 1 spiro atoms. The minimum atomic E-state index is -1.39. The molecule has 3 saturated heterocycles. The van der Waals surface area contributed by atoms with Crippen molar-refractivity contribution in [1.82, 2.24) is 43.4 Å². The number of rotatable bonds is 13. The zero-order chi connectivity index (χ0) is 69.3. The topological polar surface area (TPSA) is 215 Å². The Bertz CT molecular complexity index is 4830. The molecule has 0 amide bonds. The van der Waals surface area contributed by atoms with Crippen molar-refractivity contribution in [2.24, 2.45) is 20.6 Å². The summed E-state index contributed by atoms with van der Waals surface area (Å²) >= 11 is 0. The van der Waals surface area contributed by atoms with E-state index in [-0.39, 0.29) is 46.3 Å². The van der Waals surface area contributed by atoms with Crippen molar-refractivity contribution in [3.63, 3.8) is 0 Å². The highest BCUT2D eigenvalue weighted by Gasteiger charge is 2.55. The second-order valence-electron chi connectivity index (χ2n) is 24.8. The zero-order valence-corrected chi connectivity index (χ0v) is 55.6. The molecule has 3 atom stereocenters. The first-order chi connectivity index (χ1) is 48.6. The van der Waals surface area contributed by atoms with Crippen molar-refractivity contribution in [3.05, 3.63) is 244 Å². The number of aromatic nitrogens is 6. The van der Waals surface area contributed by atoms with Crippen LogP contribution in [0.4, 0.5) is 13.2 Å². The number of carbonyl (C=O) groups excluding carboxylic acids is 1. The van der Waals surface area contributed by atoms with Gasteiger partial charge in [-0.15, -0.1) is 0 Å². The molecule has 9 aromatic rings. The number of benzene rings is 6. The second kappa shape index (κ2) is 30.1. The van der Waals surface area contributed by atoms with E-state index in [0.29, 0.717) is 47.4 Å². The van der Waals surface area contributed by atoms with Crippen molar-refractivity contribution in [3.8, 4) is 40.1 Å². The highest BCUT2D eigenvalue weighted by molar-refractivity contribution is 6.06. The summed E-state index contributed by atoms with van der Waals surface area (Å²) in [6, 6.07) is 34.2. The van der Waals surface area contributed by atoms with Crippen molar-refractivity contribution in [2.45, 2.75) is 98.8 Å². The van der Waals surface area contributed by atoms with Crippen LogP contribution in [-0.4, -0.2) is 126 Å². The van der Waals surface area contributed by atoms with E-state index >= 15 is 0 Å². The first-order valence-corrected chi connectivity index (χ1v) is 32.6. The Balaban J connectivity index is 0.000000153. The highest BCUT2D eigenvalue weighted by atomic mass is 19.1. The number of oxime groups is 4. The van der Waals surface area contributed by atoms with E-state index in [1.54, 1.807) is 70.6 Å². The average Bonchev–Trinajstić information content (AvgIpc) is 1.64. The molecule has 3 aromatic heterocycles. The van der Waals surface area contributed by atoms with E-state index in [1.165, 1.54) is 42.6 Å². The fraction of sp³-hybridized carbons (Fsp3) is 0.282. The molecule has 10 heterocycles. The monoisotopic (exact) mass is 1400 g/mol. The van der Waals surface area contributed by atoms with Crippen molar-refractivity contribution in [1.29, 1.82) is 0 Å². The molecule has 16 rings (SSSR count). The van der Waals surface area contributed by atoms with Gasteiger partial charge in [0.25, 0.3) is 17.2 Å². The molecule has 0 bridgehead atoms. The fourth-order valence-electron chi connectivity index (χ4n) is 13.6. The molecule has 103 heavy (non-hydrogen) atoms. The summed E-state index contributed by atoms with van der Waals surface area (Å²) in [6.07, 6.45) is 24.5. The number of methoxy groups -OCH3 is 3. The van der Waals surface area contributed by atoms with Crippen molar-refractivity contribution in [2.75, 3.05) is 47.6 Å². The third kappa shape index (κ3) is 13.7. The Morgan fingerprint density at radius 1 is 0.495 bits per heavy atom. The lowest BCUT2D eigenvalue weighted by Gasteiger charge is -2.37. The molecule has 6 aromatic carbocycles. The maximum absolute atomic E-state index is 13.7. The number of piperidine rings is 3. The van der Waals surface area contributed by atoms with Gasteiger partial charge in [-0.1, -0.05) is 61.1 Å². The highest BCUT2D eigenvalue weighted by Crippen LogP contribution is 2.49. The molecule has 534 valence electrons. The summed E-state index contributed by atoms with van der Waals surface area (Å²) < 4.78 is 69.2. The number of ether oxygens (including phenoxy) is 4. The Hall–Kier alpha value is -11.9. The molecule has 0 aliphatic carbocycles. The molecule has 1 N–H and O–H groups in total. The van der Waals surface area contributed by atoms with E-state index in [9.17, 15) is 23.2 Å². The van der Waals surface area contributed by atoms with E-state index in [4.69, 9.17) is 33.5 Å². The van der Waals surface area contributed by atoms with Crippen LogP contribution in [0.1, 0.15) is 111 Å². The van der Waals surface area contributed by atoms with E-state index in [0.717, 1.165) is 142 Å². The van der Waals surface area contributed by atoms with Crippen molar-refractivity contribution < 1.29 is 56.6 Å². The van der Waals surface area contributed by atoms with Crippen LogP contribution in [0.5, 0.6) is 23.0 Å². The molecule has 22 nitrogen and oxygen atoms in total. The summed E-state index contributed by atoms with van der Waals surface area (Å²) in [7, 11) is 4.95. The second-order valence-corrected chi connectivity index (χ2v) is 24.8. The van der Waals surface area contributed by atoms with Gasteiger partial charge in [0.15, 0.2) is 30.4 Å². The van der Waals surface area contributed by atoms with Gasteiger partial charge in [-0.3, -0.25) is 4.79 Å². The Morgan fingerprint density at radius 2 is 0.883 bits per heavy atom. The lowest BCUT2D eigenvalue weighted by Crippen LogP contribution is -2.50. The maximum Gasteiger partial charge on any atom is 0.293 e. The third-order valence-electron chi connectivity index (χ3n) is 18.5. The summed E-state index contributed by atoms with van der Waals surface area (Å²) in [5, 5.41) is 25.7. The smallest absolute Gasteiger partial charge is 0.293 e. The number of aryl methyl sites for hydroxylation is 3. The van der Waals surface area contributed by atoms with E-state index in [1.807, 2.05) is 117 Å². The molecule has 3 fully saturated rings. The van der Waals surface area contributed by atoms with Crippen LogP contribution in [-0.2, 0) is 36.5 Å². The largest absolute Gasteiger partial charge is 0.495 e. The standard InChI is InChI=1S/C25H24FN5O3.2C25H23FN4O3.3CH4/c1-17-14-30(16-27-17)22-10-5-18(13-23(22)33-2)12-19-4-3-11-31-24(19)29-34-25(31,15-28-32)20-6-8-21(26)9-7-20;1-16-13-29(15-27-16)21-8-5-17(11-23(21)31-2)10-18-4-3-9-30-24(18)28-33-25(30)14-32-22-12-19(26)6-7-20(22)25;1-17-14-29(16-27-17)22-10-5-18(13-23(22)32-2)12-19-4-3-11-30-24(19)28-33-25(30,15-31)20-6-8-21(26)9-7-20;;;/h5-10,12-16,32H,3-4,11H2,1-2H3;5-8,10-13,15H,3-4,9,14H2,1-2H3;5-10,12-16H,3-4,11H2,1-2H3;3*1H4/b19-12+,28-15+;18-10+;19-12+;;;/t3*25-;;;/m111.../s1. The van der Waals surface area contributed by atoms with Crippen LogP contribution in [0, 0.1) is 38.2 Å². The van der Waals surface area contributed by atoms with Gasteiger partial charge in [-0.2, -0.15) is 0 Å². The van der Waals surface area contributed by atoms with Gasteiger partial charge >= 0.3 is 0 Å². The number of fused-ring (bicyclic) bond motifs is 6. The van der Waals surface area contributed by atoms with Gasteiger partial charge in [-0.05, 0) is 208 Å². The number of aldehydes is 1.